The van der Waals surface area contributed by atoms with Crippen LogP contribution >= 0.6 is 0 Å². The molecule has 1 amide bonds. The van der Waals surface area contributed by atoms with E-state index in [9.17, 15) is 18.0 Å². The highest BCUT2D eigenvalue weighted by atomic mass is 32.2. The molecule has 0 aliphatic carbocycles. The first-order valence-corrected chi connectivity index (χ1v) is 12.0. The summed E-state index contributed by atoms with van der Waals surface area (Å²) in [5, 5.41) is 2.60. The summed E-state index contributed by atoms with van der Waals surface area (Å²) in [5.41, 5.74) is 1.04. The van der Waals surface area contributed by atoms with Gasteiger partial charge in [-0.3, -0.25) is 8.98 Å². The van der Waals surface area contributed by atoms with Crippen LogP contribution in [0.5, 0.6) is 0 Å². The Hall–Kier alpha value is -2.91. The Morgan fingerprint density at radius 2 is 1.64 bits per heavy atom. The third kappa shape index (κ3) is 10.0. The van der Waals surface area contributed by atoms with Crippen molar-refractivity contribution in [2.24, 2.45) is 0 Å². The molecule has 180 valence electrons. The van der Waals surface area contributed by atoms with Crippen LogP contribution in [0.15, 0.2) is 59.5 Å². The van der Waals surface area contributed by atoms with E-state index >= 15 is 0 Å². The molecule has 0 aliphatic heterocycles. The molecule has 0 aliphatic rings. The van der Waals surface area contributed by atoms with Crippen LogP contribution in [0.25, 0.3) is 0 Å². The molecule has 33 heavy (non-hydrogen) atoms. The summed E-state index contributed by atoms with van der Waals surface area (Å²) in [7, 11) is -3.96. The molecule has 0 heterocycles. The standard InChI is InChI=1S/C24H31NO7S/c1-18-10-12-21(13-11-18)33(28,29)31-15-14-20(16-22(26)32-24(2,3)4)25-23(27)30-17-19-8-6-5-7-9-19/h5-13,20H,14-17H2,1-4H3,(H,25,27)/t20-/m0/s1. The number of hydrogen-bond acceptors (Lipinski definition) is 7. The maximum atomic E-state index is 12.4. The van der Waals surface area contributed by atoms with Gasteiger partial charge >= 0.3 is 12.1 Å². The fourth-order valence-corrected chi connectivity index (χ4v) is 3.74. The molecule has 0 radical (unpaired) electrons. The number of nitrogens with one attached hydrogen (secondary N) is 1. The van der Waals surface area contributed by atoms with Gasteiger partial charge in [0, 0.05) is 6.04 Å². The van der Waals surface area contributed by atoms with Crippen molar-refractivity contribution in [2.45, 2.75) is 63.7 Å². The van der Waals surface area contributed by atoms with E-state index in [4.69, 9.17) is 13.7 Å². The van der Waals surface area contributed by atoms with Gasteiger partial charge in [0.15, 0.2) is 0 Å². The number of esters is 1. The van der Waals surface area contributed by atoms with Gasteiger partial charge < -0.3 is 14.8 Å². The van der Waals surface area contributed by atoms with E-state index in [1.165, 1.54) is 12.1 Å². The summed E-state index contributed by atoms with van der Waals surface area (Å²) in [6, 6.07) is 14.7. The minimum absolute atomic E-state index is 0.0343. The van der Waals surface area contributed by atoms with Gasteiger partial charge in [0.1, 0.15) is 12.2 Å². The fourth-order valence-electron chi connectivity index (χ4n) is 2.81. The van der Waals surface area contributed by atoms with E-state index in [1.54, 1.807) is 32.9 Å². The summed E-state index contributed by atoms with van der Waals surface area (Å²) < 4.78 is 40.4. The van der Waals surface area contributed by atoms with Gasteiger partial charge in [-0.05, 0) is 51.8 Å². The van der Waals surface area contributed by atoms with Crippen molar-refractivity contribution in [3.05, 3.63) is 65.7 Å². The predicted molar refractivity (Wildman–Crippen MR) is 123 cm³/mol. The maximum absolute atomic E-state index is 12.4. The highest BCUT2D eigenvalue weighted by Crippen LogP contribution is 2.15. The van der Waals surface area contributed by atoms with Gasteiger partial charge in [0.2, 0.25) is 0 Å². The predicted octanol–water partition coefficient (Wildman–Crippen LogP) is 4.12. The lowest BCUT2D eigenvalue weighted by molar-refractivity contribution is -0.155. The first-order chi connectivity index (χ1) is 15.4. The Morgan fingerprint density at radius 3 is 2.24 bits per heavy atom. The highest BCUT2D eigenvalue weighted by Gasteiger charge is 2.23. The largest absolute Gasteiger partial charge is 0.460 e. The molecular weight excluding hydrogens is 446 g/mol. The summed E-state index contributed by atoms with van der Waals surface area (Å²) >= 11 is 0. The van der Waals surface area contributed by atoms with Crippen molar-refractivity contribution < 1.29 is 31.7 Å². The zero-order chi connectivity index (χ0) is 24.5. The number of benzene rings is 2. The summed E-state index contributed by atoms with van der Waals surface area (Å²) in [5.74, 6) is -0.530. The molecule has 1 N–H and O–H groups in total. The van der Waals surface area contributed by atoms with Crippen molar-refractivity contribution >= 4 is 22.2 Å². The topological polar surface area (TPSA) is 108 Å². The maximum Gasteiger partial charge on any atom is 0.407 e. The van der Waals surface area contributed by atoms with Gasteiger partial charge in [-0.25, -0.2) is 4.79 Å². The quantitative estimate of drug-likeness (QED) is 0.405. The van der Waals surface area contributed by atoms with Gasteiger partial charge in [0.05, 0.1) is 17.9 Å². The molecule has 0 aromatic heterocycles. The van der Waals surface area contributed by atoms with Gasteiger partial charge in [0.25, 0.3) is 10.1 Å². The number of ether oxygens (including phenoxy) is 2. The smallest absolute Gasteiger partial charge is 0.407 e. The van der Waals surface area contributed by atoms with Crippen molar-refractivity contribution in [3.8, 4) is 0 Å². The second-order valence-corrected chi connectivity index (χ2v) is 10.2. The van der Waals surface area contributed by atoms with Gasteiger partial charge in [-0.15, -0.1) is 0 Å². The number of rotatable bonds is 10. The third-order valence-electron chi connectivity index (χ3n) is 4.38. The fraction of sp³-hybridized carbons (Fsp3) is 0.417. The number of aryl methyl sites for hydroxylation is 1. The minimum Gasteiger partial charge on any atom is -0.460 e. The molecule has 8 nitrogen and oxygen atoms in total. The molecule has 0 saturated heterocycles. The van der Waals surface area contributed by atoms with Crippen LogP contribution in [-0.4, -0.2) is 38.7 Å². The Kier molecular flexibility index (Phi) is 9.43. The normalized spacial score (nSPS) is 12.6. The van der Waals surface area contributed by atoms with Crippen LogP contribution in [0.2, 0.25) is 0 Å². The van der Waals surface area contributed by atoms with Crippen LogP contribution in [0.3, 0.4) is 0 Å². The Labute approximate surface area is 195 Å². The molecule has 1 atom stereocenters. The van der Waals surface area contributed by atoms with E-state index in [0.717, 1.165) is 11.1 Å². The van der Waals surface area contributed by atoms with Crippen LogP contribution < -0.4 is 5.32 Å². The zero-order valence-corrected chi connectivity index (χ0v) is 20.2. The lowest BCUT2D eigenvalue weighted by Crippen LogP contribution is -2.39. The molecule has 2 rings (SSSR count). The van der Waals surface area contributed by atoms with Gasteiger partial charge in [-0.2, -0.15) is 8.42 Å². The van der Waals surface area contributed by atoms with Crippen molar-refractivity contribution in [2.75, 3.05) is 6.61 Å². The van der Waals surface area contributed by atoms with Crippen molar-refractivity contribution in [1.82, 2.24) is 5.32 Å². The number of carbonyl (C=O) groups excluding carboxylic acids is 2. The SMILES string of the molecule is Cc1ccc(S(=O)(=O)OCC[C@@H](CC(=O)OC(C)(C)C)NC(=O)OCc2ccccc2)cc1. The lowest BCUT2D eigenvalue weighted by Gasteiger charge is -2.23. The molecule has 2 aromatic rings. The number of hydrogen-bond donors (Lipinski definition) is 1. The Balaban J connectivity index is 1.96. The molecule has 0 unspecified atom stereocenters. The Morgan fingerprint density at radius 1 is 1.00 bits per heavy atom. The molecular formula is C24H31NO7S. The summed E-state index contributed by atoms with van der Waals surface area (Å²) in [6.07, 6.45) is -0.829. The lowest BCUT2D eigenvalue weighted by atomic mass is 10.1. The zero-order valence-electron chi connectivity index (χ0n) is 19.4. The van der Waals surface area contributed by atoms with E-state index in [2.05, 4.69) is 5.32 Å². The van der Waals surface area contributed by atoms with Crippen LogP contribution in [0.1, 0.15) is 44.7 Å². The van der Waals surface area contributed by atoms with Gasteiger partial charge in [-0.1, -0.05) is 48.0 Å². The second-order valence-electron chi connectivity index (χ2n) is 8.57. The first-order valence-electron chi connectivity index (χ1n) is 10.6. The van der Waals surface area contributed by atoms with Crippen molar-refractivity contribution in [3.63, 3.8) is 0 Å². The second kappa shape index (κ2) is 11.8. The van der Waals surface area contributed by atoms with E-state index < -0.39 is 33.8 Å². The molecule has 0 fully saturated rings. The molecule has 0 spiro atoms. The van der Waals surface area contributed by atoms with E-state index in [1.807, 2.05) is 37.3 Å². The first kappa shape index (κ1) is 26.3. The average Bonchev–Trinajstić information content (AvgIpc) is 2.71. The van der Waals surface area contributed by atoms with Crippen LogP contribution in [0, 0.1) is 6.92 Å². The molecule has 9 heteroatoms. The monoisotopic (exact) mass is 477 g/mol. The van der Waals surface area contributed by atoms with Crippen molar-refractivity contribution in [1.29, 1.82) is 0 Å². The summed E-state index contributed by atoms with van der Waals surface area (Å²) in [4.78, 5) is 24.6. The molecule has 2 aromatic carbocycles. The number of carbonyl (C=O) groups is 2. The Bertz CT molecular complexity index is 1010. The van der Waals surface area contributed by atoms with Crippen LogP contribution in [-0.2, 0) is 35.2 Å². The average molecular weight is 478 g/mol. The van der Waals surface area contributed by atoms with Crippen LogP contribution in [0.4, 0.5) is 4.79 Å². The number of amides is 1. The summed E-state index contributed by atoms with van der Waals surface area (Å²) in [6.45, 7) is 6.88. The molecule has 0 saturated carbocycles. The minimum atomic E-state index is -3.96. The van der Waals surface area contributed by atoms with E-state index in [0.29, 0.717) is 0 Å². The molecule has 0 bridgehead atoms. The number of alkyl carbamates (subject to hydrolysis) is 1. The van der Waals surface area contributed by atoms with E-state index in [-0.39, 0.29) is 31.0 Å². The highest BCUT2D eigenvalue weighted by molar-refractivity contribution is 7.86. The third-order valence-corrected chi connectivity index (χ3v) is 5.71.